The molecule has 0 spiro atoms. The van der Waals surface area contributed by atoms with E-state index in [1.54, 1.807) is 0 Å². The van der Waals surface area contributed by atoms with Gasteiger partial charge in [0.25, 0.3) is 0 Å². The molecule has 0 aromatic heterocycles. The van der Waals surface area contributed by atoms with Crippen molar-refractivity contribution in [3.8, 4) is 0 Å². The minimum absolute atomic E-state index is 0.0240. The molecule has 1 saturated heterocycles. The number of nitrogens with zero attached hydrogens (tertiary/aromatic N) is 1. The summed E-state index contributed by atoms with van der Waals surface area (Å²) in [5.74, 6) is 5.29. The summed E-state index contributed by atoms with van der Waals surface area (Å²) in [5, 5.41) is 11.9. The van der Waals surface area contributed by atoms with Gasteiger partial charge in [-0.3, -0.25) is 16.1 Å². The molecule has 1 atom stereocenters. The minimum Gasteiger partial charge on any atom is -0.395 e. The van der Waals surface area contributed by atoms with Crippen LogP contribution in [0.1, 0.15) is 6.42 Å². The topological polar surface area (TPSA) is 73.5 Å². The summed E-state index contributed by atoms with van der Waals surface area (Å²) in [7, 11) is 0. The van der Waals surface area contributed by atoms with Gasteiger partial charge in [-0.15, -0.1) is 0 Å². The molecule has 0 aromatic rings. The van der Waals surface area contributed by atoms with Gasteiger partial charge in [0.2, 0.25) is 0 Å². The largest absolute Gasteiger partial charge is 0.395 e. The molecule has 1 unspecified atom stereocenters. The van der Waals surface area contributed by atoms with E-state index in [-0.39, 0.29) is 12.9 Å². The molecule has 1 aliphatic rings. The van der Waals surface area contributed by atoms with Crippen LogP contribution in [0, 0.1) is 0 Å². The molecule has 5 N–H and O–H groups in total. The van der Waals surface area contributed by atoms with E-state index in [4.69, 9.17) is 10.9 Å². The fraction of sp³-hybridized carbons (Fsp3) is 1.00. The molecule has 1 aliphatic heterocycles. The maximum Gasteiger partial charge on any atom is 0.127 e. The van der Waals surface area contributed by atoms with Crippen molar-refractivity contribution in [3.63, 3.8) is 0 Å². The summed E-state index contributed by atoms with van der Waals surface area (Å²) >= 11 is 0. The molecule has 1 heterocycles. The van der Waals surface area contributed by atoms with E-state index in [9.17, 15) is 0 Å². The third kappa shape index (κ3) is 2.39. The van der Waals surface area contributed by atoms with Crippen LogP contribution in [0.4, 0.5) is 0 Å². The molecule has 5 nitrogen and oxygen atoms in total. The second-order valence-corrected chi connectivity index (χ2v) is 2.64. The molecule has 0 aromatic carbocycles. The van der Waals surface area contributed by atoms with Gasteiger partial charge < -0.3 is 5.11 Å². The molecule has 1 rings (SSSR count). The van der Waals surface area contributed by atoms with E-state index in [0.29, 0.717) is 6.54 Å². The van der Waals surface area contributed by atoms with Crippen LogP contribution >= 0.6 is 0 Å². The van der Waals surface area contributed by atoms with Crippen LogP contribution in [0.2, 0.25) is 0 Å². The maximum atomic E-state index is 8.69. The van der Waals surface area contributed by atoms with E-state index in [1.165, 1.54) is 0 Å². The first-order valence-electron chi connectivity index (χ1n) is 3.93. The van der Waals surface area contributed by atoms with Gasteiger partial charge in [0, 0.05) is 13.1 Å². The molecule has 5 heteroatoms. The van der Waals surface area contributed by atoms with Crippen LogP contribution in [-0.2, 0) is 0 Å². The lowest BCUT2D eigenvalue weighted by molar-refractivity contribution is 0.0819. The fourth-order valence-electron chi connectivity index (χ4n) is 1.31. The number of rotatable bonds is 3. The average Bonchev–Trinajstić information content (AvgIpc) is 2.06. The second kappa shape index (κ2) is 4.63. The zero-order valence-electron chi connectivity index (χ0n) is 6.58. The van der Waals surface area contributed by atoms with Crippen molar-refractivity contribution in [2.24, 2.45) is 5.84 Å². The van der Waals surface area contributed by atoms with E-state index < -0.39 is 0 Å². The van der Waals surface area contributed by atoms with Gasteiger partial charge in [-0.05, 0) is 13.0 Å². The Balaban J connectivity index is 2.31. The Labute approximate surface area is 66.5 Å². The molecule has 66 valence electrons. The Hall–Kier alpha value is -0.200. The summed E-state index contributed by atoms with van der Waals surface area (Å²) in [5.41, 5.74) is 2.64. The fourth-order valence-corrected chi connectivity index (χ4v) is 1.31. The zero-order chi connectivity index (χ0) is 8.10. The lowest BCUT2D eigenvalue weighted by atomic mass is 10.3. The van der Waals surface area contributed by atoms with Crippen LogP contribution in [-0.4, -0.2) is 42.5 Å². The van der Waals surface area contributed by atoms with Crippen molar-refractivity contribution >= 4 is 0 Å². The number of nitrogens with one attached hydrogen (secondary N) is 2. The highest BCUT2D eigenvalue weighted by atomic mass is 16.3. The predicted molar refractivity (Wildman–Crippen MR) is 42.4 cm³/mol. The van der Waals surface area contributed by atoms with Crippen LogP contribution in [0.15, 0.2) is 0 Å². The zero-order valence-corrected chi connectivity index (χ0v) is 6.58. The average molecular weight is 160 g/mol. The van der Waals surface area contributed by atoms with Gasteiger partial charge in [-0.25, -0.2) is 5.43 Å². The van der Waals surface area contributed by atoms with E-state index in [1.807, 2.05) is 0 Å². The van der Waals surface area contributed by atoms with Crippen molar-refractivity contribution < 1.29 is 5.11 Å². The van der Waals surface area contributed by atoms with Crippen LogP contribution in [0.5, 0.6) is 0 Å². The number of hydrogen-bond acceptors (Lipinski definition) is 5. The van der Waals surface area contributed by atoms with Gasteiger partial charge >= 0.3 is 0 Å². The van der Waals surface area contributed by atoms with E-state index in [0.717, 1.165) is 19.5 Å². The maximum absolute atomic E-state index is 8.69. The van der Waals surface area contributed by atoms with Crippen LogP contribution in [0.3, 0.4) is 0 Å². The number of nitrogens with two attached hydrogens (primary N) is 1. The van der Waals surface area contributed by atoms with Gasteiger partial charge in [0.05, 0.1) is 6.61 Å². The van der Waals surface area contributed by atoms with Crippen LogP contribution in [0.25, 0.3) is 0 Å². The second-order valence-electron chi connectivity index (χ2n) is 2.64. The first kappa shape index (κ1) is 8.89. The summed E-state index contributed by atoms with van der Waals surface area (Å²) in [6.07, 6.45) is 1.13. The third-order valence-electron chi connectivity index (χ3n) is 1.87. The lowest BCUT2D eigenvalue weighted by Crippen LogP contribution is -2.61. The molecular weight excluding hydrogens is 144 g/mol. The first-order valence-corrected chi connectivity index (χ1v) is 3.93. The Kier molecular flexibility index (Phi) is 3.74. The van der Waals surface area contributed by atoms with Crippen molar-refractivity contribution in [2.45, 2.75) is 12.7 Å². The Morgan fingerprint density at radius 3 is 3.18 bits per heavy atom. The SMILES string of the molecule is NNC1NCCCN1CCO. The molecule has 0 saturated carbocycles. The third-order valence-corrected chi connectivity index (χ3v) is 1.87. The lowest BCUT2D eigenvalue weighted by Gasteiger charge is -2.35. The number of hydrogen-bond donors (Lipinski definition) is 4. The number of aliphatic hydroxyl groups excluding tert-OH is 1. The Morgan fingerprint density at radius 1 is 1.73 bits per heavy atom. The normalized spacial score (nSPS) is 27.3. The number of aliphatic hydroxyl groups is 1. The molecule has 1 fully saturated rings. The van der Waals surface area contributed by atoms with Gasteiger partial charge in [0.1, 0.15) is 6.29 Å². The highest BCUT2D eigenvalue weighted by molar-refractivity contribution is 4.71. The summed E-state index contributed by atoms with van der Waals surface area (Å²) in [4.78, 5) is 2.07. The summed E-state index contributed by atoms with van der Waals surface area (Å²) < 4.78 is 0. The predicted octanol–water partition coefficient (Wildman–Crippen LogP) is -1.98. The summed E-state index contributed by atoms with van der Waals surface area (Å²) in [6, 6.07) is 0. The summed E-state index contributed by atoms with van der Waals surface area (Å²) in [6.45, 7) is 2.82. The molecule has 0 radical (unpaired) electrons. The number of β-amino-alcohol motifs (C(OH)–C–C–N with tert-alkyl or cyclic N) is 1. The molecule has 0 bridgehead atoms. The van der Waals surface area contributed by atoms with Crippen LogP contribution < -0.4 is 16.6 Å². The highest BCUT2D eigenvalue weighted by Crippen LogP contribution is 1.99. The monoisotopic (exact) mass is 160 g/mol. The van der Waals surface area contributed by atoms with Crippen molar-refractivity contribution in [2.75, 3.05) is 26.2 Å². The van der Waals surface area contributed by atoms with Crippen molar-refractivity contribution in [1.29, 1.82) is 0 Å². The smallest absolute Gasteiger partial charge is 0.127 e. The number of hydrazine groups is 1. The molecule has 0 amide bonds. The van der Waals surface area contributed by atoms with Crippen molar-refractivity contribution in [1.82, 2.24) is 15.6 Å². The van der Waals surface area contributed by atoms with Crippen molar-refractivity contribution in [3.05, 3.63) is 0 Å². The Morgan fingerprint density at radius 2 is 2.55 bits per heavy atom. The minimum atomic E-state index is 0.0240. The quantitative estimate of drug-likeness (QED) is 0.284. The van der Waals surface area contributed by atoms with Gasteiger partial charge in [-0.1, -0.05) is 0 Å². The van der Waals surface area contributed by atoms with E-state index in [2.05, 4.69) is 15.6 Å². The van der Waals surface area contributed by atoms with Gasteiger partial charge in [-0.2, -0.15) is 0 Å². The molecule has 0 aliphatic carbocycles. The van der Waals surface area contributed by atoms with Gasteiger partial charge in [0.15, 0.2) is 0 Å². The Bertz CT molecular complexity index is 109. The first-order chi connectivity index (χ1) is 5.38. The van der Waals surface area contributed by atoms with E-state index >= 15 is 0 Å². The highest BCUT2D eigenvalue weighted by Gasteiger charge is 2.18. The molecular formula is C6H16N4O. The molecule has 11 heavy (non-hydrogen) atoms. The standard InChI is InChI=1S/C6H16N4O/c7-9-6-8-2-1-3-10(6)4-5-11/h6,8-9,11H,1-5,7H2.